The summed E-state index contributed by atoms with van der Waals surface area (Å²) in [5.41, 5.74) is 11.9. The van der Waals surface area contributed by atoms with Gasteiger partial charge >= 0.3 is 0 Å². The minimum absolute atomic E-state index is 0.355. The molecule has 37 heavy (non-hydrogen) atoms. The van der Waals surface area contributed by atoms with E-state index in [1.54, 1.807) is 7.11 Å². The number of nitrogens with one attached hydrogen (secondary N) is 1. The number of aryl methyl sites for hydroxylation is 1. The Bertz CT molecular complexity index is 1740. The fraction of sp³-hybridized carbons (Fsp3) is 0.133. The second-order valence-electron chi connectivity index (χ2n) is 9.25. The summed E-state index contributed by atoms with van der Waals surface area (Å²) < 4.78 is 9.79. The Labute approximate surface area is 213 Å². The third kappa shape index (κ3) is 3.63. The summed E-state index contributed by atoms with van der Waals surface area (Å²) >= 11 is 0. The zero-order chi connectivity index (χ0) is 25.7. The molecule has 1 aliphatic heterocycles. The van der Waals surface area contributed by atoms with Crippen LogP contribution in [0, 0.1) is 0 Å². The Morgan fingerprint density at radius 2 is 1.49 bits per heavy atom. The molecular formula is C30H26N4O3. The van der Waals surface area contributed by atoms with Crippen LogP contribution in [-0.2, 0) is 29.7 Å². The molecule has 2 amide bonds. The molecule has 184 valence electrons. The van der Waals surface area contributed by atoms with Crippen LogP contribution in [0.3, 0.4) is 0 Å². The van der Waals surface area contributed by atoms with Gasteiger partial charge in [0.1, 0.15) is 5.75 Å². The first-order valence-corrected chi connectivity index (χ1v) is 12.1. The van der Waals surface area contributed by atoms with Crippen molar-refractivity contribution in [1.29, 1.82) is 0 Å². The van der Waals surface area contributed by atoms with Crippen LogP contribution >= 0.6 is 0 Å². The molecule has 0 aliphatic carbocycles. The Hall–Kier alpha value is -4.62. The summed E-state index contributed by atoms with van der Waals surface area (Å²) in [7, 11) is 3.55. The fourth-order valence-corrected chi connectivity index (χ4v) is 5.30. The van der Waals surface area contributed by atoms with Crippen molar-refractivity contribution < 1.29 is 14.3 Å². The van der Waals surface area contributed by atoms with Crippen LogP contribution in [0.4, 0.5) is 0 Å². The second-order valence-corrected chi connectivity index (χ2v) is 9.25. The number of hydrogen-bond donors (Lipinski definition) is 2. The first kappa shape index (κ1) is 22.8. The van der Waals surface area contributed by atoms with Gasteiger partial charge in [-0.2, -0.15) is 0 Å². The fourth-order valence-electron chi connectivity index (χ4n) is 5.30. The van der Waals surface area contributed by atoms with Crippen LogP contribution in [0.5, 0.6) is 5.75 Å². The van der Waals surface area contributed by atoms with Gasteiger partial charge in [-0.3, -0.25) is 14.9 Å². The summed E-state index contributed by atoms with van der Waals surface area (Å²) in [5, 5.41) is 4.25. The van der Waals surface area contributed by atoms with Gasteiger partial charge in [-0.1, -0.05) is 48.5 Å². The van der Waals surface area contributed by atoms with Crippen molar-refractivity contribution in [3.05, 3.63) is 101 Å². The molecule has 0 bridgehead atoms. The van der Waals surface area contributed by atoms with Crippen molar-refractivity contribution in [2.75, 3.05) is 7.11 Å². The average molecular weight is 491 g/mol. The molecule has 0 fully saturated rings. The van der Waals surface area contributed by atoms with Crippen LogP contribution in [-0.4, -0.2) is 28.1 Å². The lowest BCUT2D eigenvalue weighted by atomic mass is 9.95. The summed E-state index contributed by atoms with van der Waals surface area (Å²) in [4.78, 5) is 26.6. The summed E-state index contributed by atoms with van der Waals surface area (Å²) in [6, 6.07) is 21.8. The average Bonchev–Trinajstić information content (AvgIpc) is 3.54. The zero-order valence-corrected chi connectivity index (χ0v) is 20.6. The zero-order valence-electron chi connectivity index (χ0n) is 20.6. The normalized spacial score (nSPS) is 13.7. The highest BCUT2D eigenvalue weighted by Crippen LogP contribution is 2.41. The third-order valence-corrected chi connectivity index (χ3v) is 7.07. The lowest BCUT2D eigenvalue weighted by Crippen LogP contribution is -2.22. The smallest absolute Gasteiger partial charge is 0.259 e. The van der Waals surface area contributed by atoms with Crippen molar-refractivity contribution >= 4 is 44.8 Å². The maximum Gasteiger partial charge on any atom is 0.259 e. The van der Waals surface area contributed by atoms with Gasteiger partial charge in [0.25, 0.3) is 11.8 Å². The van der Waals surface area contributed by atoms with E-state index in [0.29, 0.717) is 35.5 Å². The van der Waals surface area contributed by atoms with Crippen LogP contribution in [0.2, 0.25) is 0 Å². The van der Waals surface area contributed by atoms with Crippen LogP contribution in [0.15, 0.2) is 79.1 Å². The molecule has 3 aromatic carbocycles. The number of methoxy groups -OCH3 is 1. The van der Waals surface area contributed by atoms with E-state index in [9.17, 15) is 9.59 Å². The molecule has 0 radical (unpaired) electrons. The molecule has 5 aromatic rings. The number of carbonyl (C=O) groups is 2. The number of fused-ring (bicyclic) bond motifs is 2. The first-order chi connectivity index (χ1) is 18.0. The van der Waals surface area contributed by atoms with Crippen molar-refractivity contribution in [3.8, 4) is 5.75 Å². The minimum Gasteiger partial charge on any atom is -0.496 e. The van der Waals surface area contributed by atoms with E-state index >= 15 is 0 Å². The van der Waals surface area contributed by atoms with E-state index in [1.165, 1.54) is 0 Å². The molecule has 0 saturated carbocycles. The SMILES string of the molecule is COc1cccc2c1c(C1=C(c3cn(C)c4ccccc34)C(=O)NC1=O)cn2Cc1ccc(CN)cc1. The Morgan fingerprint density at radius 1 is 0.811 bits per heavy atom. The Morgan fingerprint density at radius 3 is 2.22 bits per heavy atom. The highest BCUT2D eigenvalue weighted by molar-refractivity contribution is 6.51. The second kappa shape index (κ2) is 8.80. The van der Waals surface area contributed by atoms with Crippen molar-refractivity contribution in [1.82, 2.24) is 14.5 Å². The molecule has 0 unspecified atom stereocenters. The van der Waals surface area contributed by atoms with E-state index in [1.807, 2.05) is 78.6 Å². The van der Waals surface area contributed by atoms with Gasteiger partial charge in [0.2, 0.25) is 0 Å². The molecule has 3 N–H and O–H groups in total. The van der Waals surface area contributed by atoms with E-state index in [0.717, 1.165) is 38.5 Å². The Balaban J connectivity index is 1.60. The molecule has 2 aromatic heterocycles. The highest BCUT2D eigenvalue weighted by Gasteiger charge is 2.35. The number of hydrogen-bond acceptors (Lipinski definition) is 4. The molecule has 0 saturated heterocycles. The van der Waals surface area contributed by atoms with Gasteiger partial charge in [-0.05, 0) is 29.3 Å². The van der Waals surface area contributed by atoms with Crippen molar-refractivity contribution in [3.63, 3.8) is 0 Å². The lowest BCUT2D eigenvalue weighted by molar-refractivity contribution is -0.122. The van der Waals surface area contributed by atoms with Gasteiger partial charge in [0, 0.05) is 59.9 Å². The van der Waals surface area contributed by atoms with E-state index in [4.69, 9.17) is 10.5 Å². The lowest BCUT2D eigenvalue weighted by Gasteiger charge is -2.08. The third-order valence-electron chi connectivity index (χ3n) is 7.07. The molecule has 7 nitrogen and oxygen atoms in total. The van der Waals surface area contributed by atoms with Gasteiger partial charge in [0.15, 0.2) is 0 Å². The number of nitrogens with two attached hydrogens (primary N) is 1. The number of imide groups is 1. The molecule has 1 aliphatic rings. The molecule has 0 atom stereocenters. The number of nitrogens with zero attached hydrogens (tertiary/aromatic N) is 2. The standard InChI is InChI=1S/C30H26N4O3/c1-33-16-21(20-6-3-4-7-23(20)33)27-28(30(36)32-29(27)35)22-17-34(15-19-12-10-18(14-31)11-13-19)24-8-5-9-25(37-2)26(22)24/h3-13,16-17H,14-15,31H2,1-2H3,(H,32,35,36). The number of carbonyl (C=O) groups excluding carboxylic acids is 2. The van der Waals surface area contributed by atoms with Crippen molar-refractivity contribution in [2.45, 2.75) is 13.1 Å². The van der Waals surface area contributed by atoms with Crippen molar-refractivity contribution in [2.24, 2.45) is 12.8 Å². The van der Waals surface area contributed by atoms with Gasteiger partial charge in [-0.25, -0.2) is 0 Å². The number of benzene rings is 3. The van der Waals surface area contributed by atoms with Gasteiger partial charge < -0.3 is 19.6 Å². The maximum absolute atomic E-state index is 13.3. The number of rotatable bonds is 6. The maximum atomic E-state index is 13.3. The number of para-hydroxylation sites is 1. The van der Waals surface area contributed by atoms with E-state index < -0.39 is 11.8 Å². The van der Waals surface area contributed by atoms with E-state index in [-0.39, 0.29) is 0 Å². The topological polar surface area (TPSA) is 91.3 Å². The van der Waals surface area contributed by atoms with E-state index in [2.05, 4.69) is 22.0 Å². The molecular weight excluding hydrogens is 464 g/mol. The largest absolute Gasteiger partial charge is 0.496 e. The number of aromatic nitrogens is 2. The Kier molecular flexibility index (Phi) is 5.43. The molecule has 0 spiro atoms. The highest BCUT2D eigenvalue weighted by atomic mass is 16.5. The number of amides is 2. The molecule has 3 heterocycles. The predicted molar refractivity (Wildman–Crippen MR) is 145 cm³/mol. The van der Waals surface area contributed by atoms with Crippen LogP contribution in [0.1, 0.15) is 22.3 Å². The molecule has 7 heteroatoms. The van der Waals surface area contributed by atoms with Gasteiger partial charge in [-0.15, -0.1) is 0 Å². The summed E-state index contributed by atoms with van der Waals surface area (Å²) in [6.45, 7) is 1.07. The monoisotopic (exact) mass is 490 g/mol. The minimum atomic E-state index is -0.412. The number of ether oxygens (including phenoxy) is 1. The predicted octanol–water partition coefficient (Wildman–Crippen LogP) is 4.22. The summed E-state index contributed by atoms with van der Waals surface area (Å²) in [5.74, 6) is -0.170. The first-order valence-electron chi connectivity index (χ1n) is 12.1. The summed E-state index contributed by atoms with van der Waals surface area (Å²) in [6.07, 6.45) is 3.86. The van der Waals surface area contributed by atoms with Crippen LogP contribution in [0.25, 0.3) is 33.0 Å². The van der Waals surface area contributed by atoms with Gasteiger partial charge in [0.05, 0.1) is 23.8 Å². The quantitative estimate of drug-likeness (QED) is 0.349. The van der Waals surface area contributed by atoms with Crippen LogP contribution < -0.4 is 15.8 Å². The molecule has 6 rings (SSSR count).